The lowest BCUT2D eigenvalue weighted by molar-refractivity contribution is -0.126. The van der Waals surface area contributed by atoms with Gasteiger partial charge in [0.1, 0.15) is 0 Å². The molecular weight excluding hydrogens is 260 g/mol. The number of piperidine rings is 1. The molecule has 1 amide bonds. The Kier molecular flexibility index (Phi) is 5.40. The van der Waals surface area contributed by atoms with Gasteiger partial charge in [0, 0.05) is 12.2 Å². The molecule has 1 saturated heterocycles. The molecule has 1 heterocycles. The summed E-state index contributed by atoms with van der Waals surface area (Å²) in [6.45, 7) is 8.35. The maximum absolute atomic E-state index is 12.6. The summed E-state index contributed by atoms with van der Waals surface area (Å²) < 4.78 is 0. The van der Waals surface area contributed by atoms with E-state index >= 15 is 0 Å². The first-order valence-electron chi connectivity index (χ1n) is 8.23. The van der Waals surface area contributed by atoms with Crippen LogP contribution in [-0.4, -0.2) is 19.0 Å². The van der Waals surface area contributed by atoms with Gasteiger partial charge >= 0.3 is 0 Å². The van der Waals surface area contributed by atoms with Crippen LogP contribution in [0.2, 0.25) is 0 Å². The van der Waals surface area contributed by atoms with Crippen molar-refractivity contribution in [3.8, 4) is 0 Å². The van der Waals surface area contributed by atoms with Crippen molar-refractivity contribution in [1.82, 2.24) is 5.32 Å². The quantitative estimate of drug-likeness (QED) is 0.862. The van der Waals surface area contributed by atoms with Gasteiger partial charge in [0.05, 0.1) is 5.41 Å². The number of hydrogen-bond acceptors (Lipinski definition) is 2. The van der Waals surface area contributed by atoms with Gasteiger partial charge in [-0.2, -0.15) is 0 Å². The fourth-order valence-corrected chi connectivity index (χ4v) is 3.02. The summed E-state index contributed by atoms with van der Waals surface area (Å²) in [6.07, 6.45) is 4.08. The molecule has 0 bridgehead atoms. The van der Waals surface area contributed by atoms with Crippen LogP contribution in [0.5, 0.6) is 0 Å². The number of nitrogens with one attached hydrogen (secondary N) is 2. The number of amides is 1. The second kappa shape index (κ2) is 7.08. The highest BCUT2D eigenvalue weighted by molar-refractivity contribution is 5.95. The van der Waals surface area contributed by atoms with E-state index in [-0.39, 0.29) is 11.3 Å². The SMILES string of the molecule is CCC(C)c1ccc(NC(=O)C2(CC)CCCNC2)cc1. The molecule has 3 heteroatoms. The van der Waals surface area contributed by atoms with Crippen LogP contribution in [-0.2, 0) is 4.79 Å². The predicted octanol–water partition coefficient (Wildman–Crippen LogP) is 3.92. The lowest BCUT2D eigenvalue weighted by Gasteiger charge is -2.35. The van der Waals surface area contributed by atoms with Crippen molar-refractivity contribution in [1.29, 1.82) is 0 Å². The van der Waals surface area contributed by atoms with Gasteiger partial charge in [-0.15, -0.1) is 0 Å². The number of carbonyl (C=O) groups is 1. The lowest BCUT2D eigenvalue weighted by atomic mass is 9.77. The molecule has 1 aromatic carbocycles. The minimum absolute atomic E-state index is 0.161. The van der Waals surface area contributed by atoms with Crippen molar-refractivity contribution in [2.75, 3.05) is 18.4 Å². The van der Waals surface area contributed by atoms with Crippen molar-refractivity contribution in [3.63, 3.8) is 0 Å². The van der Waals surface area contributed by atoms with E-state index in [0.717, 1.165) is 44.5 Å². The van der Waals surface area contributed by atoms with Crippen LogP contribution in [0, 0.1) is 5.41 Å². The monoisotopic (exact) mass is 288 g/mol. The molecule has 116 valence electrons. The predicted molar refractivity (Wildman–Crippen MR) is 88.6 cm³/mol. The van der Waals surface area contributed by atoms with E-state index in [1.54, 1.807) is 0 Å². The van der Waals surface area contributed by atoms with E-state index in [0.29, 0.717) is 5.92 Å². The summed E-state index contributed by atoms with van der Waals surface area (Å²) in [6, 6.07) is 8.31. The molecule has 0 saturated carbocycles. The third kappa shape index (κ3) is 3.65. The van der Waals surface area contributed by atoms with Crippen molar-refractivity contribution in [3.05, 3.63) is 29.8 Å². The van der Waals surface area contributed by atoms with Gasteiger partial charge < -0.3 is 10.6 Å². The molecule has 0 radical (unpaired) electrons. The highest BCUT2D eigenvalue weighted by Gasteiger charge is 2.37. The lowest BCUT2D eigenvalue weighted by Crippen LogP contribution is -2.47. The molecule has 2 atom stereocenters. The standard InChI is InChI=1S/C18H28N2O/c1-4-14(3)15-7-9-16(10-8-15)20-17(21)18(5-2)11-6-12-19-13-18/h7-10,14,19H,4-6,11-13H2,1-3H3,(H,20,21). The Morgan fingerprint density at radius 3 is 2.57 bits per heavy atom. The number of rotatable bonds is 5. The second-order valence-electron chi connectivity index (χ2n) is 6.30. The summed E-state index contributed by atoms with van der Waals surface area (Å²) in [7, 11) is 0. The fraction of sp³-hybridized carbons (Fsp3) is 0.611. The van der Waals surface area contributed by atoms with Crippen LogP contribution in [0.25, 0.3) is 0 Å². The smallest absolute Gasteiger partial charge is 0.231 e. The Morgan fingerprint density at radius 2 is 2.05 bits per heavy atom. The van der Waals surface area contributed by atoms with Crippen LogP contribution >= 0.6 is 0 Å². The second-order valence-corrected chi connectivity index (χ2v) is 6.30. The van der Waals surface area contributed by atoms with Gasteiger partial charge in [-0.1, -0.05) is 32.9 Å². The van der Waals surface area contributed by atoms with Crippen LogP contribution in [0.4, 0.5) is 5.69 Å². The van der Waals surface area contributed by atoms with Gasteiger partial charge in [0.15, 0.2) is 0 Å². The first kappa shape index (κ1) is 16.0. The molecule has 0 aliphatic carbocycles. The Hall–Kier alpha value is -1.35. The van der Waals surface area contributed by atoms with Crippen LogP contribution in [0.3, 0.4) is 0 Å². The zero-order valence-electron chi connectivity index (χ0n) is 13.5. The van der Waals surface area contributed by atoms with Gasteiger partial charge in [0.2, 0.25) is 5.91 Å². The first-order valence-corrected chi connectivity index (χ1v) is 8.23. The zero-order chi connectivity index (χ0) is 15.3. The molecule has 1 aliphatic heterocycles. The fourth-order valence-electron chi connectivity index (χ4n) is 3.02. The molecule has 0 spiro atoms. The molecule has 0 aromatic heterocycles. The van der Waals surface area contributed by atoms with E-state index in [4.69, 9.17) is 0 Å². The van der Waals surface area contributed by atoms with Gasteiger partial charge in [0.25, 0.3) is 0 Å². The zero-order valence-corrected chi connectivity index (χ0v) is 13.5. The molecule has 3 nitrogen and oxygen atoms in total. The summed E-state index contributed by atoms with van der Waals surface area (Å²) in [5, 5.41) is 6.47. The minimum atomic E-state index is -0.242. The largest absolute Gasteiger partial charge is 0.326 e. The van der Waals surface area contributed by atoms with E-state index in [1.165, 1.54) is 5.56 Å². The molecule has 1 fully saturated rings. The molecule has 21 heavy (non-hydrogen) atoms. The van der Waals surface area contributed by atoms with Crippen molar-refractivity contribution in [2.24, 2.45) is 5.41 Å². The van der Waals surface area contributed by atoms with Crippen molar-refractivity contribution < 1.29 is 4.79 Å². The Labute approximate surface area is 128 Å². The molecule has 2 rings (SSSR count). The summed E-state index contributed by atoms with van der Waals surface area (Å²) in [5.74, 6) is 0.729. The topological polar surface area (TPSA) is 41.1 Å². The molecule has 2 N–H and O–H groups in total. The van der Waals surface area contributed by atoms with Crippen LogP contribution in [0.15, 0.2) is 24.3 Å². The van der Waals surface area contributed by atoms with Gasteiger partial charge in [-0.3, -0.25) is 4.79 Å². The normalized spacial score (nSPS) is 23.6. The van der Waals surface area contributed by atoms with E-state index in [1.807, 2.05) is 12.1 Å². The average Bonchev–Trinajstić information content (AvgIpc) is 2.55. The number of benzene rings is 1. The maximum atomic E-state index is 12.6. The molecule has 1 aliphatic rings. The Bertz CT molecular complexity index is 461. The van der Waals surface area contributed by atoms with Gasteiger partial charge in [-0.25, -0.2) is 0 Å². The average molecular weight is 288 g/mol. The maximum Gasteiger partial charge on any atom is 0.231 e. The van der Waals surface area contributed by atoms with Crippen molar-refractivity contribution >= 4 is 11.6 Å². The molecular formula is C18H28N2O. The highest BCUT2D eigenvalue weighted by Crippen LogP contribution is 2.31. The molecule has 1 aromatic rings. The summed E-state index contributed by atoms with van der Waals surface area (Å²) >= 11 is 0. The third-order valence-corrected chi connectivity index (χ3v) is 4.98. The minimum Gasteiger partial charge on any atom is -0.326 e. The van der Waals surface area contributed by atoms with E-state index in [9.17, 15) is 4.79 Å². The number of hydrogen-bond donors (Lipinski definition) is 2. The summed E-state index contributed by atoms with van der Waals surface area (Å²) in [5.41, 5.74) is 2.00. The van der Waals surface area contributed by atoms with E-state index < -0.39 is 0 Å². The van der Waals surface area contributed by atoms with E-state index in [2.05, 4.69) is 43.5 Å². The van der Waals surface area contributed by atoms with Crippen LogP contribution in [0.1, 0.15) is 57.9 Å². The summed E-state index contributed by atoms with van der Waals surface area (Å²) in [4.78, 5) is 12.6. The molecule has 2 unspecified atom stereocenters. The number of carbonyl (C=O) groups excluding carboxylic acids is 1. The third-order valence-electron chi connectivity index (χ3n) is 4.98. The van der Waals surface area contributed by atoms with Gasteiger partial charge in [-0.05, 0) is 55.8 Å². The Morgan fingerprint density at radius 1 is 1.33 bits per heavy atom. The van der Waals surface area contributed by atoms with Crippen LogP contribution < -0.4 is 10.6 Å². The Balaban J connectivity index is 2.04. The number of anilines is 1. The first-order chi connectivity index (χ1) is 10.1. The van der Waals surface area contributed by atoms with Crippen molar-refractivity contribution in [2.45, 2.75) is 52.4 Å². The highest BCUT2D eigenvalue weighted by atomic mass is 16.2.